The second kappa shape index (κ2) is 6.98. The Morgan fingerprint density at radius 3 is 2.67 bits per heavy atom. The highest BCUT2D eigenvalue weighted by molar-refractivity contribution is 5.67. The molecule has 0 spiro atoms. The number of methoxy groups -OCH3 is 1. The minimum Gasteiger partial charge on any atom is -0.445 e. The standard InChI is InChI=1S/C13H19NO4/c1-13(16,10-17-2)9-14-12(15)18-8-11-6-4-3-5-7-11/h3-7,16H,8-10H2,1-2H3,(H,14,15). The van der Waals surface area contributed by atoms with E-state index in [4.69, 9.17) is 9.47 Å². The maximum absolute atomic E-state index is 11.4. The van der Waals surface area contributed by atoms with Crippen molar-refractivity contribution in [3.05, 3.63) is 35.9 Å². The minimum absolute atomic E-state index is 0.0778. The van der Waals surface area contributed by atoms with Gasteiger partial charge >= 0.3 is 6.09 Å². The summed E-state index contributed by atoms with van der Waals surface area (Å²) in [5.74, 6) is 0. The highest BCUT2D eigenvalue weighted by atomic mass is 16.5. The number of carbonyl (C=O) groups excluding carboxylic acids is 1. The number of ether oxygens (including phenoxy) is 2. The molecule has 0 fully saturated rings. The highest BCUT2D eigenvalue weighted by Gasteiger charge is 2.21. The zero-order valence-corrected chi connectivity index (χ0v) is 10.7. The summed E-state index contributed by atoms with van der Waals surface area (Å²) in [6, 6.07) is 9.38. The van der Waals surface area contributed by atoms with Crippen molar-refractivity contribution in [1.29, 1.82) is 0 Å². The van der Waals surface area contributed by atoms with Crippen LogP contribution in [0.5, 0.6) is 0 Å². The molecule has 1 rings (SSSR count). The smallest absolute Gasteiger partial charge is 0.407 e. The Labute approximate surface area is 107 Å². The molecular formula is C13H19NO4. The Balaban J connectivity index is 2.26. The maximum Gasteiger partial charge on any atom is 0.407 e. The molecule has 1 amide bonds. The van der Waals surface area contributed by atoms with Crippen molar-refractivity contribution < 1.29 is 19.4 Å². The summed E-state index contributed by atoms with van der Waals surface area (Å²) in [5.41, 5.74) is -0.183. The van der Waals surface area contributed by atoms with Crippen LogP contribution in [0.2, 0.25) is 0 Å². The van der Waals surface area contributed by atoms with E-state index in [-0.39, 0.29) is 19.8 Å². The van der Waals surface area contributed by atoms with E-state index >= 15 is 0 Å². The van der Waals surface area contributed by atoms with Gasteiger partial charge in [-0.1, -0.05) is 30.3 Å². The van der Waals surface area contributed by atoms with E-state index in [1.54, 1.807) is 6.92 Å². The van der Waals surface area contributed by atoms with Gasteiger partial charge in [0.25, 0.3) is 0 Å². The molecule has 0 saturated heterocycles. The predicted molar refractivity (Wildman–Crippen MR) is 67.1 cm³/mol. The maximum atomic E-state index is 11.4. The number of rotatable bonds is 6. The van der Waals surface area contributed by atoms with Crippen molar-refractivity contribution in [2.45, 2.75) is 19.1 Å². The predicted octanol–water partition coefficient (Wildman–Crippen LogP) is 1.31. The van der Waals surface area contributed by atoms with Crippen LogP contribution in [-0.2, 0) is 16.1 Å². The molecule has 5 nitrogen and oxygen atoms in total. The molecule has 1 unspecified atom stereocenters. The molecule has 18 heavy (non-hydrogen) atoms. The van der Waals surface area contributed by atoms with Crippen LogP contribution in [-0.4, -0.2) is 37.1 Å². The van der Waals surface area contributed by atoms with E-state index in [9.17, 15) is 9.90 Å². The molecule has 0 bridgehead atoms. The Bertz CT molecular complexity index is 365. The zero-order chi connectivity index (χ0) is 13.4. The number of alkyl carbamates (subject to hydrolysis) is 1. The van der Waals surface area contributed by atoms with Crippen LogP contribution in [0.4, 0.5) is 4.79 Å². The Hall–Kier alpha value is -1.59. The lowest BCUT2D eigenvalue weighted by Crippen LogP contribution is -2.43. The van der Waals surface area contributed by atoms with Crippen LogP contribution in [0.25, 0.3) is 0 Å². The van der Waals surface area contributed by atoms with Crippen LogP contribution in [0, 0.1) is 0 Å². The van der Waals surface area contributed by atoms with Gasteiger partial charge in [-0.25, -0.2) is 4.79 Å². The van der Waals surface area contributed by atoms with Crippen LogP contribution < -0.4 is 5.32 Å². The van der Waals surface area contributed by atoms with Gasteiger partial charge < -0.3 is 19.9 Å². The molecule has 100 valence electrons. The van der Waals surface area contributed by atoms with Gasteiger partial charge in [0.2, 0.25) is 0 Å². The second-order valence-corrected chi connectivity index (χ2v) is 4.35. The summed E-state index contributed by atoms with van der Waals surface area (Å²) in [7, 11) is 1.49. The Morgan fingerprint density at radius 2 is 2.06 bits per heavy atom. The third kappa shape index (κ3) is 5.65. The van der Waals surface area contributed by atoms with Crippen molar-refractivity contribution in [3.8, 4) is 0 Å². The topological polar surface area (TPSA) is 67.8 Å². The van der Waals surface area contributed by atoms with E-state index in [1.165, 1.54) is 7.11 Å². The number of nitrogens with one attached hydrogen (secondary N) is 1. The van der Waals surface area contributed by atoms with Crippen LogP contribution in [0.15, 0.2) is 30.3 Å². The molecule has 0 aliphatic carbocycles. The molecule has 1 aromatic rings. The summed E-state index contributed by atoms with van der Waals surface area (Å²) < 4.78 is 9.83. The third-order valence-corrected chi connectivity index (χ3v) is 2.28. The first-order valence-electron chi connectivity index (χ1n) is 5.69. The number of aliphatic hydroxyl groups is 1. The summed E-state index contributed by atoms with van der Waals surface area (Å²) in [6.45, 7) is 2.01. The normalized spacial score (nSPS) is 13.7. The van der Waals surface area contributed by atoms with Gasteiger partial charge in [-0.15, -0.1) is 0 Å². The van der Waals surface area contributed by atoms with E-state index in [0.717, 1.165) is 5.56 Å². The molecule has 1 aromatic carbocycles. The first-order valence-corrected chi connectivity index (χ1v) is 5.69. The lowest BCUT2D eigenvalue weighted by molar-refractivity contribution is -0.0156. The Morgan fingerprint density at radius 1 is 1.39 bits per heavy atom. The van der Waals surface area contributed by atoms with Gasteiger partial charge in [0.15, 0.2) is 0 Å². The van der Waals surface area contributed by atoms with Gasteiger partial charge in [0, 0.05) is 7.11 Å². The third-order valence-electron chi connectivity index (χ3n) is 2.28. The monoisotopic (exact) mass is 253 g/mol. The quantitative estimate of drug-likeness (QED) is 0.802. The van der Waals surface area contributed by atoms with Crippen molar-refractivity contribution >= 4 is 6.09 Å². The van der Waals surface area contributed by atoms with Crippen molar-refractivity contribution in [2.75, 3.05) is 20.3 Å². The fourth-order valence-electron chi connectivity index (χ4n) is 1.40. The highest BCUT2D eigenvalue weighted by Crippen LogP contribution is 2.03. The molecular weight excluding hydrogens is 234 g/mol. The van der Waals surface area contributed by atoms with Crippen molar-refractivity contribution in [3.63, 3.8) is 0 Å². The van der Waals surface area contributed by atoms with E-state index < -0.39 is 11.7 Å². The molecule has 0 aliphatic rings. The summed E-state index contributed by atoms with van der Waals surface area (Å²) in [5, 5.41) is 12.2. The number of amides is 1. The lowest BCUT2D eigenvalue weighted by atomic mass is 10.1. The molecule has 5 heteroatoms. The first kappa shape index (κ1) is 14.5. The summed E-state index contributed by atoms with van der Waals surface area (Å²) in [6.07, 6.45) is -0.560. The molecule has 0 aromatic heterocycles. The SMILES string of the molecule is COCC(C)(O)CNC(=O)OCc1ccccc1. The first-order chi connectivity index (χ1) is 8.53. The Kier molecular flexibility index (Phi) is 5.61. The number of benzene rings is 1. The van der Waals surface area contributed by atoms with E-state index in [2.05, 4.69) is 5.32 Å². The average molecular weight is 253 g/mol. The summed E-state index contributed by atoms with van der Waals surface area (Å²) >= 11 is 0. The molecule has 2 N–H and O–H groups in total. The minimum atomic E-state index is -1.10. The molecule has 0 heterocycles. The number of carbonyl (C=O) groups is 1. The fourth-order valence-corrected chi connectivity index (χ4v) is 1.40. The van der Waals surface area contributed by atoms with Gasteiger partial charge in [-0.2, -0.15) is 0 Å². The number of hydrogen-bond acceptors (Lipinski definition) is 4. The van der Waals surface area contributed by atoms with Gasteiger partial charge in [-0.3, -0.25) is 0 Å². The van der Waals surface area contributed by atoms with Gasteiger partial charge in [0.05, 0.1) is 13.2 Å². The molecule has 1 atom stereocenters. The lowest BCUT2D eigenvalue weighted by Gasteiger charge is -2.22. The zero-order valence-electron chi connectivity index (χ0n) is 10.7. The van der Waals surface area contributed by atoms with Crippen LogP contribution in [0.1, 0.15) is 12.5 Å². The largest absolute Gasteiger partial charge is 0.445 e. The molecule has 0 aliphatic heterocycles. The van der Waals surface area contributed by atoms with Gasteiger partial charge in [-0.05, 0) is 12.5 Å². The summed E-state index contributed by atoms with van der Waals surface area (Å²) in [4.78, 5) is 11.4. The van der Waals surface area contributed by atoms with E-state index in [0.29, 0.717) is 0 Å². The second-order valence-electron chi connectivity index (χ2n) is 4.35. The van der Waals surface area contributed by atoms with E-state index in [1.807, 2.05) is 30.3 Å². The van der Waals surface area contributed by atoms with Crippen molar-refractivity contribution in [1.82, 2.24) is 5.32 Å². The molecule has 0 radical (unpaired) electrons. The van der Waals surface area contributed by atoms with Gasteiger partial charge in [0.1, 0.15) is 12.2 Å². The average Bonchev–Trinajstić information content (AvgIpc) is 2.35. The number of hydrogen-bond donors (Lipinski definition) is 2. The van der Waals surface area contributed by atoms with Crippen LogP contribution >= 0.6 is 0 Å². The van der Waals surface area contributed by atoms with Crippen molar-refractivity contribution in [2.24, 2.45) is 0 Å². The molecule has 0 saturated carbocycles. The van der Waals surface area contributed by atoms with Crippen LogP contribution in [0.3, 0.4) is 0 Å². The fraction of sp³-hybridized carbons (Fsp3) is 0.462.